The summed E-state index contributed by atoms with van der Waals surface area (Å²) in [6.07, 6.45) is -3.10. The van der Waals surface area contributed by atoms with Crippen LogP contribution in [0.4, 0.5) is 30.5 Å². The van der Waals surface area contributed by atoms with Crippen molar-refractivity contribution in [2.45, 2.75) is 26.1 Å². The predicted octanol–water partition coefficient (Wildman–Crippen LogP) is 3.24. The largest absolute Gasteiger partial charge is 0.416 e. The summed E-state index contributed by atoms with van der Waals surface area (Å²) >= 11 is 0. The fourth-order valence-corrected chi connectivity index (χ4v) is 4.30. The standard InChI is InChI=1S/C23H28F3N7O/c1-4-32-5-7-33(8-6-32)20-12-18-19(22(34)31(20)3)13-28-30-21(18)29-14(2)15-9-16(23(24,25)26)11-17(27)10-15/h9-14H,4-8,27H2,1-3H3,(H,29,30). The molecule has 0 bridgehead atoms. The fourth-order valence-electron chi connectivity index (χ4n) is 4.30. The molecule has 3 aromatic rings. The molecular weight excluding hydrogens is 447 g/mol. The smallest absolute Gasteiger partial charge is 0.399 e. The molecular formula is C23H28F3N7O. The number of anilines is 3. The third-order valence-corrected chi connectivity index (χ3v) is 6.34. The number of fused-ring (bicyclic) bond motifs is 1. The van der Waals surface area contributed by atoms with E-state index in [1.54, 1.807) is 18.5 Å². The van der Waals surface area contributed by atoms with Crippen molar-refractivity contribution < 1.29 is 13.2 Å². The van der Waals surface area contributed by atoms with Gasteiger partial charge in [-0.2, -0.15) is 18.3 Å². The highest BCUT2D eigenvalue weighted by atomic mass is 19.4. The molecule has 34 heavy (non-hydrogen) atoms. The van der Waals surface area contributed by atoms with Crippen LogP contribution in [0, 0.1) is 0 Å². The van der Waals surface area contributed by atoms with Crippen molar-refractivity contribution in [3.8, 4) is 0 Å². The number of aromatic nitrogens is 3. The van der Waals surface area contributed by atoms with Crippen molar-refractivity contribution in [3.05, 3.63) is 51.9 Å². The molecule has 1 saturated heterocycles. The first-order chi connectivity index (χ1) is 16.1. The molecule has 182 valence electrons. The van der Waals surface area contributed by atoms with Crippen LogP contribution in [0.3, 0.4) is 0 Å². The number of nitrogens with one attached hydrogen (secondary N) is 1. The van der Waals surface area contributed by atoms with Crippen LogP contribution < -0.4 is 21.5 Å². The van der Waals surface area contributed by atoms with Crippen LogP contribution in [0.25, 0.3) is 10.8 Å². The lowest BCUT2D eigenvalue weighted by molar-refractivity contribution is -0.137. The Kier molecular flexibility index (Phi) is 6.39. The van der Waals surface area contributed by atoms with Crippen LogP contribution in [0.2, 0.25) is 0 Å². The Labute approximate surface area is 195 Å². The molecule has 1 unspecified atom stereocenters. The normalized spacial score (nSPS) is 16.1. The van der Waals surface area contributed by atoms with Crippen LogP contribution >= 0.6 is 0 Å². The number of hydrogen-bond donors (Lipinski definition) is 2. The van der Waals surface area contributed by atoms with Crippen LogP contribution in [-0.2, 0) is 13.2 Å². The van der Waals surface area contributed by atoms with Crippen molar-refractivity contribution in [1.29, 1.82) is 0 Å². The maximum Gasteiger partial charge on any atom is 0.416 e. The second kappa shape index (κ2) is 9.13. The van der Waals surface area contributed by atoms with Gasteiger partial charge < -0.3 is 20.9 Å². The van der Waals surface area contributed by atoms with E-state index in [1.807, 2.05) is 6.07 Å². The van der Waals surface area contributed by atoms with Crippen molar-refractivity contribution in [2.24, 2.45) is 7.05 Å². The van der Waals surface area contributed by atoms with Gasteiger partial charge in [-0.25, -0.2) is 0 Å². The van der Waals surface area contributed by atoms with Crippen LogP contribution in [0.1, 0.15) is 31.0 Å². The van der Waals surface area contributed by atoms with E-state index in [-0.39, 0.29) is 11.2 Å². The summed E-state index contributed by atoms with van der Waals surface area (Å²) in [5.41, 5.74) is 5.07. The lowest BCUT2D eigenvalue weighted by atomic mass is 10.0. The molecule has 0 spiro atoms. The number of piperazine rings is 1. The highest BCUT2D eigenvalue weighted by molar-refractivity contribution is 5.92. The zero-order valence-electron chi connectivity index (χ0n) is 19.4. The summed E-state index contributed by atoms with van der Waals surface area (Å²) in [6, 6.07) is 4.78. The quantitative estimate of drug-likeness (QED) is 0.548. The lowest BCUT2D eigenvalue weighted by Gasteiger charge is -2.36. The number of nitrogens with zero attached hydrogens (tertiary/aromatic N) is 5. The second-order valence-corrected chi connectivity index (χ2v) is 8.56. The van der Waals surface area contributed by atoms with Gasteiger partial charge in [0.15, 0.2) is 5.82 Å². The molecule has 1 aliphatic rings. The van der Waals surface area contributed by atoms with E-state index in [0.717, 1.165) is 50.7 Å². The lowest BCUT2D eigenvalue weighted by Crippen LogP contribution is -2.47. The van der Waals surface area contributed by atoms with Gasteiger partial charge in [0, 0.05) is 44.3 Å². The Morgan fingerprint density at radius 2 is 1.82 bits per heavy atom. The Hall–Kier alpha value is -3.34. The maximum absolute atomic E-state index is 13.3. The molecule has 0 radical (unpaired) electrons. The third-order valence-electron chi connectivity index (χ3n) is 6.34. The molecule has 11 heteroatoms. The maximum atomic E-state index is 13.3. The van der Waals surface area contributed by atoms with Crippen molar-refractivity contribution in [2.75, 3.05) is 48.7 Å². The van der Waals surface area contributed by atoms with E-state index in [1.165, 1.54) is 12.3 Å². The van der Waals surface area contributed by atoms with Gasteiger partial charge in [-0.05, 0) is 43.3 Å². The molecule has 1 aliphatic heterocycles. The zero-order chi connectivity index (χ0) is 24.6. The molecule has 8 nitrogen and oxygen atoms in total. The molecule has 2 aromatic heterocycles. The highest BCUT2D eigenvalue weighted by Gasteiger charge is 2.31. The number of alkyl halides is 3. The minimum absolute atomic E-state index is 0.0184. The number of halogens is 3. The van der Waals surface area contributed by atoms with Crippen LogP contribution in [-0.4, -0.2) is 52.4 Å². The molecule has 1 fully saturated rings. The van der Waals surface area contributed by atoms with E-state index in [9.17, 15) is 18.0 Å². The van der Waals surface area contributed by atoms with E-state index in [0.29, 0.717) is 22.2 Å². The summed E-state index contributed by atoms with van der Waals surface area (Å²) in [4.78, 5) is 17.6. The van der Waals surface area contributed by atoms with Gasteiger partial charge in [-0.1, -0.05) is 6.92 Å². The van der Waals surface area contributed by atoms with Crippen molar-refractivity contribution in [3.63, 3.8) is 0 Å². The average Bonchev–Trinajstić information content (AvgIpc) is 2.81. The number of likely N-dealkylation sites (N-methyl/N-ethyl adjacent to an activating group) is 1. The molecule has 3 N–H and O–H groups in total. The minimum Gasteiger partial charge on any atom is -0.399 e. The highest BCUT2D eigenvalue weighted by Crippen LogP contribution is 2.34. The first-order valence-electron chi connectivity index (χ1n) is 11.2. The van der Waals surface area contributed by atoms with Gasteiger partial charge >= 0.3 is 6.18 Å². The van der Waals surface area contributed by atoms with Gasteiger partial charge in [-0.15, -0.1) is 5.10 Å². The number of rotatable bonds is 5. The summed E-state index contributed by atoms with van der Waals surface area (Å²) in [6.45, 7) is 8.18. The molecule has 1 atom stereocenters. The number of benzene rings is 1. The fraction of sp³-hybridized carbons (Fsp3) is 0.435. The summed E-state index contributed by atoms with van der Waals surface area (Å²) in [7, 11) is 1.73. The minimum atomic E-state index is -4.51. The van der Waals surface area contributed by atoms with Gasteiger partial charge in [-0.3, -0.25) is 9.36 Å². The molecule has 0 amide bonds. The first-order valence-corrected chi connectivity index (χ1v) is 11.2. The molecule has 1 aromatic carbocycles. The van der Waals surface area contributed by atoms with Crippen LogP contribution in [0.5, 0.6) is 0 Å². The number of nitrogens with two attached hydrogens (primary N) is 1. The Morgan fingerprint density at radius 3 is 2.47 bits per heavy atom. The predicted molar refractivity (Wildman–Crippen MR) is 127 cm³/mol. The van der Waals surface area contributed by atoms with E-state index < -0.39 is 17.8 Å². The van der Waals surface area contributed by atoms with Crippen molar-refractivity contribution in [1.82, 2.24) is 19.7 Å². The Morgan fingerprint density at radius 1 is 1.12 bits per heavy atom. The van der Waals surface area contributed by atoms with Gasteiger partial charge in [0.25, 0.3) is 5.56 Å². The summed E-state index contributed by atoms with van der Waals surface area (Å²) in [5, 5.41) is 12.2. The monoisotopic (exact) mass is 475 g/mol. The Balaban J connectivity index is 1.71. The van der Waals surface area contributed by atoms with E-state index in [2.05, 4.69) is 32.2 Å². The first kappa shape index (κ1) is 23.8. The van der Waals surface area contributed by atoms with Gasteiger partial charge in [0.05, 0.1) is 23.2 Å². The van der Waals surface area contributed by atoms with E-state index >= 15 is 0 Å². The molecule has 0 saturated carbocycles. The Bertz CT molecular complexity index is 1250. The third kappa shape index (κ3) is 4.65. The average molecular weight is 476 g/mol. The molecule has 3 heterocycles. The summed E-state index contributed by atoms with van der Waals surface area (Å²) in [5.74, 6) is 1.09. The van der Waals surface area contributed by atoms with Crippen LogP contribution in [0.15, 0.2) is 35.3 Å². The SMILES string of the molecule is CCN1CCN(c2cc3c(NC(C)c4cc(N)cc(C(F)(F)F)c4)nncc3c(=O)n2C)CC1. The van der Waals surface area contributed by atoms with Gasteiger partial charge in [0.1, 0.15) is 5.82 Å². The second-order valence-electron chi connectivity index (χ2n) is 8.56. The zero-order valence-corrected chi connectivity index (χ0v) is 19.4. The number of nitrogen functional groups attached to an aromatic ring is 1. The topological polar surface area (TPSA) is 92.3 Å². The summed E-state index contributed by atoms with van der Waals surface area (Å²) < 4.78 is 41.4. The number of pyridine rings is 1. The molecule has 0 aliphatic carbocycles. The number of hydrogen-bond acceptors (Lipinski definition) is 7. The molecule has 4 rings (SSSR count). The van der Waals surface area contributed by atoms with Crippen molar-refractivity contribution >= 4 is 28.1 Å². The van der Waals surface area contributed by atoms with Gasteiger partial charge in [0.2, 0.25) is 0 Å². The van der Waals surface area contributed by atoms with E-state index in [4.69, 9.17) is 5.73 Å².